The molecular weight excluding hydrogens is 388 g/mol. The number of thiophene rings is 1. The smallest absolute Gasteiger partial charge is 0.244 e. The first kappa shape index (κ1) is 19.7. The fraction of sp³-hybridized carbons (Fsp3) is 0.400. The quantitative estimate of drug-likeness (QED) is 0.589. The molecule has 1 aliphatic heterocycles. The van der Waals surface area contributed by atoms with Gasteiger partial charge >= 0.3 is 0 Å². The minimum atomic E-state index is -0.120. The van der Waals surface area contributed by atoms with Crippen molar-refractivity contribution in [3.63, 3.8) is 0 Å². The number of nitrogens with zero attached hydrogens (tertiary/aromatic N) is 6. The molecule has 1 fully saturated rings. The van der Waals surface area contributed by atoms with Crippen molar-refractivity contribution in [2.24, 2.45) is 0 Å². The van der Waals surface area contributed by atoms with Crippen LogP contribution in [-0.2, 0) is 22.6 Å². The van der Waals surface area contributed by atoms with Crippen LogP contribution in [0.15, 0.2) is 47.2 Å². The molecule has 2 aromatic heterocycles. The van der Waals surface area contributed by atoms with Crippen LogP contribution in [-0.4, -0.2) is 69.3 Å². The van der Waals surface area contributed by atoms with Crippen LogP contribution in [0.2, 0.25) is 0 Å². The zero-order valence-corrected chi connectivity index (χ0v) is 17.2. The maximum atomic E-state index is 12.8. The van der Waals surface area contributed by atoms with E-state index >= 15 is 0 Å². The summed E-state index contributed by atoms with van der Waals surface area (Å²) in [6.07, 6.45) is 0. The largest absolute Gasteiger partial charge is 0.379 e. The van der Waals surface area contributed by atoms with Crippen molar-refractivity contribution in [2.45, 2.75) is 19.1 Å². The number of likely N-dealkylation sites (N-methyl/N-ethyl adjacent to an activating group) is 1. The van der Waals surface area contributed by atoms with Crippen molar-refractivity contribution >= 4 is 17.2 Å². The van der Waals surface area contributed by atoms with Gasteiger partial charge in [0.2, 0.25) is 5.91 Å². The van der Waals surface area contributed by atoms with Crippen molar-refractivity contribution in [2.75, 3.05) is 33.4 Å². The number of benzene rings is 1. The SMILES string of the molecule is CN(Cc1ccsc1)C(=O)Cn1nnnc1[C@@H](c1ccccc1)N1CCOCC1. The highest BCUT2D eigenvalue weighted by atomic mass is 32.1. The molecule has 0 radical (unpaired) electrons. The maximum Gasteiger partial charge on any atom is 0.244 e. The Kier molecular flexibility index (Phi) is 6.28. The van der Waals surface area contributed by atoms with Gasteiger partial charge in [0.15, 0.2) is 5.82 Å². The molecule has 29 heavy (non-hydrogen) atoms. The Labute approximate surface area is 173 Å². The van der Waals surface area contributed by atoms with Gasteiger partial charge in [0.05, 0.1) is 19.3 Å². The Morgan fingerprint density at radius 1 is 1.24 bits per heavy atom. The molecule has 4 rings (SSSR count). The van der Waals surface area contributed by atoms with E-state index in [1.54, 1.807) is 28.0 Å². The van der Waals surface area contributed by atoms with Crippen LogP contribution >= 0.6 is 11.3 Å². The standard InChI is InChI=1S/C20H24N6O2S/c1-24(13-16-7-12-29-15-16)18(27)14-26-20(21-22-23-26)19(17-5-3-2-4-6-17)25-8-10-28-11-9-25/h2-7,12,15,19H,8-11,13-14H2,1H3/t19-/m1/s1. The Morgan fingerprint density at radius 2 is 2.03 bits per heavy atom. The summed E-state index contributed by atoms with van der Waals surface area (Å²) in [5, 5.41) is 16.4. The number of tetrazole rings is 1. The fourth-order valence-electron chi connectivity index (χ4n) is 3.51. The molecule has 1 amide bonds. The maximum absolute atomic E-state index is 12.8. The first-order valence-electron chi connectivity index (χ1n) is 9.60. The third-order valence-electron chi connectivity index (χ3n) is 5.04. The molecule has 0 bridgehead atoms. The van der Waals surface area contributed by atoms with Gasteiger partial charge in [-0.2, -0.15) is 11.3 Å². The number of amides is 1. The van der Waals surface area contributed by atoms with E-state index in [1.807, 2.05) is 29.6 Å². The lowest BCUT2D eigenvalue weighted by Gasteiger charge is -2.34. The number of hydrogen-bond acceptors (Lipinski definition) is 7. The van der Waals surface area contributed by atoms with Crippen LogP contribution in [0.3, 0.4) is 0 Å². The third-order valence-corrected chi connectivity index (χ3v) is 5.77. The number of carbonyl (C=O) groups is 1. The molecule has 152 valence electrons. The monoisotopic (exact) mass is 412 g/mol. The van der Waals surface area contributed by atoms with E-state index < -0.39 is 0 Å². The molecule has 3 aromatic rings. The molecular formula is C20H24N6O2S. The van der Waals surface area contributed by atoms with Crippen molar-refractivity contribution in [3.05, 3.63) is 64.1 Å². The van der Waals surface area contributed by atoms with Crippen molar-refractivity contribution < 1.29 is 9.53 Å². The first-order chi connectivity index (χ1) is 14.2. The second-order valence-electron chi connectivity index (χ2n) is 7.04. The lowest BCUT2D eigenvalue weighted by atomic mass is 10.0. The summed E-state index contributed by atoms with van der Waals surface area (Å²) in [5.74, 6) is 0.647. The van der Waals surface area contributed by atoms with Crippen molar-refractivity contribution in [1.82, 2.24) is 30.0 Å². The molecule has 0 saturated carbocycles. The van der Waals surface area contributed by atoms with Gasteiger partial charge in [-0.05, 0) is 38.4 Å². The highest BCUT2D eigenvalue weighted by Gasteiger charge is 2.29. The number of ether oxygens (including phenoxy) is 1. The van der Waals surface area contributed by atoms with Crippen LogP contribution < -0.4 is 0 Å². The fourth-order valence-corrected chi connectivity index (χ4v) is 4.17. The van der Waals surface area contributed by atoms with Crippen LogP contribution in [0.4, 0.5) is 0 Å². The third kappa shape index (κ3) is 4.69. The summed E-state index contributed by atoms with van der Waals surface area (Å²) in [5.41, 5.74) is 2.22. The lowest BCUT2D eigenvalue weighted by Crippen LogP contribution is -2.41. The average molecular weight is 413 g/mol. The van der Waals surface area contributed by atoms with E-state index in [-0.39, 0.29) is 18.5 Å². The summed E-state index contributed by atoms with van der Waals surface area (Å²) in [6.45, 7) is 3.61. The highest BCUT2D eigenvalue weighted by Crippen LogP contribution is 2.27. The molecule has 9 heteroatoms. The molecule has 0 spiro atoms. The summed E-state index contributed by atoms with van der Waals surface area (Å²) in [4.78, 5) is 16.8. The predicted molar refractivity (Wildman–Crippen MR) is 109 cm³/mol. The Bertz CT molecular complexity index is 908. The Morgan fingerprint density at radius 3 is 2.76 bits per heavy atom. The number of carbonyl (C=O) groups excluding carboxylic acids is 1. The molecule has 1 aromatic carbocycles. The van der Waals surface area contributed by atoms with Gasteiger partial charge in [-0.3, -0.25) is 9.69 Å². The highest BCUT2D eigenvalue weighted by molar-refractivity contribution is 7.07. The number of aromatic nitrogens is 4. The topological polar surface area (TPSA) is 76.4 Å². The lowest BCUT2D eigenvalue weighted by molar-refractivity contribution is -0.131. The van der Waals surface area contributed by atoms with E-state index in [2.05, 4.69) is 37.9 Å². The molecule has 1 aliphatic rings. The summed E-state index contributed by atoms with van der Waals surface area (Å²) in [6, 6.07) is 12.1. The predicted octanol–water partition coefficient (Wildman–Crippen LogP) is 1.81. The van der Waals surface area contributed by atoms with Crippen LogP contribution in [0.1, 0.15) is 23.0 Å². The molecule has 0 N–H and O–H groups in total. The molecule has 3 heterocycles. The number of hydrogen-bond donors (Lipinski definition) is 0. The summed E-state index contributed by atoms with van der Waals surface area (Å²) < 4.78 is 7.14. The van der Waals surface area contributed by atoms with E-state index in [9.17, 15) is 4.79 Å². The second-order valence-corrected chi connectivity index (χ2v) is 7.82. The van der Waals surface area contributed by atoms with Crippen molar-refractivity contribution in [3.8, 4) is 0 Å². The van der Waals surface area contributed by atoms with Gasteiger partial charge in [-0.25, -0.2) is 4.68 Å². The van der Waals surface area contributed by atoms with Gasteiger partial charge in [-0.15, -0.1) is 5.10 Å². The average Bonchev–Trinajstić information content (AvgIpc) is 3.42. The van der Waals surface area contributed by atoms with Crippen LogP contribution in [0.25, 0.3) is 0 Å². The van der Waals surface area contributed by atoms with Crippen LogP contribution in [0.5, 0.6) is 0 Å². The van der Waals surface area contributed by atoms with Gasteiger partial charge < -0.3 is 9.64 Å². The molecule has 0 aliphatic carbocycles. The van der Waals surface area contributed by atoms with Gasteiger partial charge in [0, 0.05) is 26.7 Å². The first-order valence-corrected chi connectivity index (χ1v) is 10.5. The van der Waals surface area contributed by atoms with E-state index in [0.717, 1.165) is 24.2 Å². The van der Waals surface area contributed by atoms with E-state index in [1.165, 1.54) is 0 Å². The Balaban J connectivity index is 1.55. The van der Waals surface area contributed by atoms with Gasteiger partial charge in [0.1, 0.15) is 6.54 Å². The van der Waals surface area contributed by atoms with Crippen LogP contribution in [0, 0.1) is 0 Å². The zero-order valence-electron chi connectivity index (χ0n) is 16.3. The van der Waals surface area contributed by atoms with Crippen molar-refractivity contribution in [1.29, 1.82) is 0 Å². The van der Waals surface area contributed by atoms with E-state index in [0.29, 0.717) is 25.6 Å². The summed E-state index contributed by atoms with van der Waals surface area (Å²) in [7, 11) is 1.81. The van der Waals surface area contributed by atoms with E-state index in [4.69, 9.17) is 4.74 Å². The number of rotatable bonds is 7. The normalized spacial score (nSPS) is 15.9. The Hall–Kier alpha value is -2.62. The van der Waals surface area contributed by atoms with Gasteiger partial charge in [-0.1, -0.05) is 30.3 Å². The number of morpholine rings is 1. The van der Waals surface area contributed by atoms with Gasteiger partial charge in [0.25, 0.3) is 0 Å². The molecule has 1 saturated heterocycles. The molecule has 0 unspecified atom stereocenters. The molecule has 8 nitrogen and oxygen atoms in total. The minimum absolute atomic E-state index is 0.0291. The summed E-state index contributed by atoms with van der Waals surface area (Å²) >= 11 is 1.63. The zero-order chi connectivity index (χ0) is 20.1. The second kappa shape index (κ2) is 9.25. The molecule has 1 atom stereocenters. The minimum Gasteiger partial charge on any atom is -0.379 e.